The van der Waals surface area contributed by atoms with Crippen LogP contribution < -0.4 is 5.43 Å². The number of hydrogen-bond acceptors (Lipinski definition) is 6. The number of aliphatic hydroxyl groups is 1. The Balaban J connectivity index is 2.43. The van der Waals surface area contributed by atoms with Crippen molar-refractivity contribution in [3.05, 3.63) is 51.5 Å². The molecule has 0 atom stereocenters. The highest BCUT2D eigenvalue weighted by Gasteiger charge is 2.23. The van der Waals surface area contributed by atoms with E-state index in [-0.39, 0.29) is 17.1 Å². The topological polar surface area (TPSA) is 113 Å². The largest absolute Gasteiger partial charge is 0.502 e. The smallest absolute Gasteiger partial charge is 0.338 e. The number of benzene rings is 1. The lowest BCUT2D eigenvalue weighted by molar-refractivity contribution is 0.0603. The zero-order chi connectivity index (χ0) is 17.4. The average Bonchev–Trinajstić information content (AvgIpc) is 2.92. The highest BCUT2D eigenvalue weighted by atomic mass is 16.5. The van der Waals surface area contributed by atoms with Gasteiger partial charge in [-0.1, -0.05) is 6.07 Å². The number of rotatable bonds is 3. The minimum atomic E-state index is -0.676. The minimum absolute atomic E-state index is 0.0112. The molecule has 3 aromatic rings. The number of H-pyrrole nitrogens is 1. The highest BCUT2D eigenvalue weighted by molar-refractivity contribution is 6.10. The summed E-state index contributed by atoms with van der Waals surface area (Å²) in [5, 5.41) is 19.9. The third kappa shape index (κ3) is 2.35. The van der Waals surface area contributed by atoms with E-state index in [2.05, 4.69) is 4.98 Å². The second-order valence-corrected chi connectivity index (χ2v) is 5.26. The van der Waals surface area contributed by atoms with E-state index < -0.39 is 23.8 Å². The number of carbonyl (C=O) groups is 1. The molecule has 7 nitrogen and oxygen atoms in total. The van der Waals surface area contributed by atoms with Crippen molar-refractivity contribution in [1.82, 2.24) is 4.98 Å². The molecule has 24 heavy (non-hydrogen) atoms. The molecule has 124 valence electrons. The number of methoxy groups -OCH3 is 1. The zero-order valence-corrected chi connectivity index (χ0v) is 13.0. The monoisotopic (exact) mass is 329 g/mol. The molecule has 1 aromatic carbocycles. The first-order valence-electron chi connectivity index (χ1n) is 7.14. The molecule has 0 aliphatic heterocycles. The molecule has 7 heteroatoms. The molecule has 3 rings (SSSR count). The van der Waals surface area contributed by atoms with Crippen LogP contribution in [-0.4, -0.2) is 28.3 Å². The maximum atomic E-state index is 12.1. The van der Waals surface area contributed by atoms with E-state index in [0.29, 0.717) is 22.2 Å². The molecule has 2 aromatic heterocycles. The zero-order valence-electron chi connectivity index (χ0n) is 13.0. The van der Waals surface area contributed by atoms with Crippen molar-refractivity contribution in [3.8, 4) is 17.1 Å². The lowest BCUT2D eigenvalue weighted by Gasteiger charge is -2.08. The van der Waals surface area contributed by atoms with Crippen LogP contribution in [0.5, 0.6) is 5.75 Å². The summed E-state index contributed by atoms with van der Waals surface area (Å²) in [4.78, 5) is 27.1. The van der Waals surface area contributed by atoms with Crippen molar-refractivity contribution in [2.45, 2.75) is 13.5 Å². The van der Waals surface area contributed by atoms with E-state index in [1.807, 2.05) is 0 Å². The Labute approximate surface area is 136 Å². The predicted molar refractivity (Wildman–Crippen MR) is 85.9 cm³/mol. The van der Waals surface area contributed by atoms with Gasteiger partial charge < -0.3 is 24.4 Å². The number of ether oxygens (including phenoxy) is 1. The summed E-state index contributed by atoms with van der Waals surface area (Å²) in [6.45, 7) is 1.23. The van der Waals surface area contributed by atoms with Gasteiger partial charge in [0.2, 0.25) is 11.2 Å². The maximum Gasteiger partial charge on any atom is 0.338 e. The normalized spacial score (nSPS) is 11.0. The van der Waals surface area contributed by atoms with E-state index in [9.17, 15) is 19.8 Å². The van der Waals surface area contributed by atoms with E-state index in [1.54, 1.807) is 25.1 Å². The summed E-state index contributed by atoms with van der Waals surface area (Å²) in [6.07, 6.45) is 0. The molecule has 0 radical (unpaired) electrons. The highest BCUT2D eigenvalue weighted by Crippen LogP contribution is 2.38. The quantitative estimate of drug-likeness (QED) is 0.634. The van der Waals surface area contributed by atoms with Gasteiger partial charge in [-0.15, -0.1) is 0 Å². The van der Waals surface area contributed by atoms with Crippen LogP contribution in [0.15, 0.2) is 33.5 Å². The molecule has 0 saturated heterocycles. The first kappa shape index (κ1) is 15.8. The first-order valence-corrected chi connectivity index (χ1v) is 7.14. The van der Waals surface area contributed by atoms with Crippen LogP contribution in [0, 0.1) is 6.92 Å². The maximum absolute atomic E-state index is 12.1. The van der Waals surface area contributed by atoms with Gasteiger partial charge in [0.05, 0.1) is 18.2 Å². The van der Waals surface area contributed by atoms with Gasteiger partial charge in [-0.2, -0.15) is 0 Å². The van der Waals surface area contributed by atoms with Crippen molar-refractivity contribution in [2.75, 3.05) is 7.11 Å². The molecular formula is C17H15NO6. The third-order valence-electron chi connectivity index (χ3n) is 3.77. The van der Waals surface area contributed by atoms with Crippen molar-refractivity contribution in [3.63, 3.8) is 0 Å². The van der Waals surface area contributed by atoms with Gasteiger partial charge in [0, 0.05) is 22.7 Å². The Morgan fingerprint density at radius 2 is 2.12 bits per heavy atom. The molecular weight excluding hydrogens is 314 g/mol. The summed E-state index contributed by atoms with van der Waals surface area (Å²) < 4.78 is 10.3. The summed E-state index contributed by atoms with van der Waals surface area (Å²) in [7, 11) is 1.27. The Morgan fingerprint density at radius 3 is 2.79 bits per heavy atom. The molecule has 0 fully saturated rings. The van der Waals surface area contributed by atoms with E-state index in [4.69, 9.17) is 9.15 Å². The first-order chi connectivity index (χ1) is 11.5. The van der Waals surface area contributed by atoms with Crippen molar-refractivity contribution < 1.29 is 24.2 Å². The molecule has 3 N–H and O–H groups in total. The average molecular weight is 329 g/mol. The van der Waals surface area contributed by atoms with Gasteiger partial charge in [-0.3, -0.25) is 4.79 Å². The van der Waals surface area contributed by atoms with Crippen molar-refractivity contribution in [2.24, 2.45) is 0 Å². The Bertz CT molecular complexity index is 998. The van der Waals surface area contributed by atoms with Crippen LogP contribution in [0.1, 0.15) is 21.8 Å². The number of hydrogen-bond donors (Lipinski definition) is 3. The number of fused-ring (bicyclic) bond motifs is 1. The minimum Gasteiger partial charge on any atom is -0.502 e. The lowest BCUT2D eigenvalue weighted by Crippen LogP contribution is -2.04. The second kappa shape index (κ2) is 5.86. The van der Waals surface area contributed by atoms with Gasteiger partial charge in [-0.25, -0.2) is 4.79 Å². The van der Waals surface area contributed by atoms with Crippen LogP contribution in [0.25, 0.3) is 22.2 Å². The van der Waals surface area contributed by atoms with Crippen LogP contribution in [0.4, 0.5) is 0 Å². The number of nitrogens with one attached hydrogen (secondary N) is 1. The number of aromatic amines is 1. The van der Waals surface area contributed by atoms with E-state index in [0.717, 1.165) is 6.07 Å². The number of esters is 1. The van der Waals surface area contributed by atoms with Crippen molar-refractivity contribution >= 4 is 16.9 Å². The SMILES string of the molecule is COC(=O)c1cccc2[nH]c(C)c(-c3oc(CO)cc(=O)c3O)c12. The number of aromatic nitrogens is 1. The molecule has 0 spiro atoms. The van der Waals surface area contributed by atoms with E-state index in [1.165, 1.54) is 7.11 Å². The standard InChI is InChI=1S/C17H15NO6/c1-8-13(16-15(21)12(20)6-9(7-19)24-16)14-10(17(22)23-2)4-3-5-11(14)18-8/h3-6,18-19,21H,7H2,1-2H3. The van der Waals surface area contributed by atoms with Crippen LogP contribution in [-0.2, 0) is 11.3 Å². The molecule has 0 bridgehead atoms. The second-order valence-electron chi connectivity index (χ2n) is 5.26. The van der Waals surface area contributed by atoms with Crippen molar-refractivity contribution in [1.29, 1.82) is 0 Å². The molecule has 2 heterocycles. The molecule has 0 aliphatic rings. The Hall–Kier alpha value is -3.06. The lowest BCUT2D eigenvalue weighted by atomic mass is 10.0. The van der Waals surface area contributed by atoms with Gasteiger partial charge in [0.25, 0.3) is 0 Å². The number of aliphatic hydroxyl groups excluding tert-OH is 1. The van der Waals surface area contributed by atoms with Gasteiger partial charge in [0.15, 0.2) is 5.76 Å². The number of aromatic hydroxyl groups is 1. The summed E-state index contributed by atoms with van der Waals surface area (Å²) >= 11 is 0. The van der Waals surface area contributed by atoms with Gasteiger partial charge in [-0.05, 0) is 19.1 Å². The molecule has 0 saturated carbocycles. The summed E-state index contributed by atoms with van der Waals surface area (Å²) in [6, 6.07) is 6.04. The van der Waals surface area contributed by atoms with Crippen LogP contribution in [0.3, 0.4) is 0 Å². The number of aryl methyl sites for hydroxylation is 1. The molecule has 0 amide bonds. The molecule has 0 unspecified atom stereocenters. The van der Waals surface area contributed by atoms with Gasteiger partial charge >= 0.3 is 5.97 Å². The number of carbonyl (C=O) groups excluding carboxylic acids is 1. The summed E-state index contributed by atoms with van der Waals surface area (Å²) in [5.41, 5.74) is 1.18. The Morgan fingerprint density at radius 1 is 1.38 bits per heavy atom. The van der Waals surface area contributed by atoms with Crippen LogP contribution in [0.2, 0.25) is 0 Å². The summed E-state index contributed by atoms with van der Waals surface area (Å²) in [5.74, 6) is -1.24. The van der Waals surface area contributed by atoms with Gasteiger partial charge in [0.1, 0.15) is 12.4 Å². The fourth-order valence-corrected chi connectivity index (χ4v) is 2.72. The third-order valence-corrected chi connectivity index (χ3v) is 3.77. The van der Waals surface area contributed by atoms with Crippen LogP contribution >= 0.6 is 0 Å². The Kier molecular flexibility index (Phi) is 3.86. The fraction of sp³-hybridized carbons (Fsp3) is 0.176. The van der Waals surface area contributed by atoms with E-state index >= 15 is 0 Å². The predicted octanol–water partition coefficient (Wildman–Crippen LogP) is 2.08. The fourth-order valence-electron chi connectivity index (χ4n) is 2.72. The molecule has 0 aliphatic carbocycles.